The van der Waals surface area contributed by atoms with Crippen LogP contribution in [0.5, 0.6) is 23.0 Å². The zero-order chi connectivity index (χ0) is 91.6. The number of aromatic nitrogens is 4. The van der Waals surface area contributed by atoms with Gasteiger partial charge in [-0.3, -0.25) is 77.8 Å². The van der Waals surface area contributed by atoms with Gasteiger partial charge in [0, 0.05) is 72.8 Å². The van der Waals surface area contributed by atoms with Crippen molar-refractivity contribution in [1.29, 1.82) is 5.41 Å². The predicted molar refractivity (Wildman–Crippen MR) is 451 cm³/mol. The molecule has 0 saturated carbocycles. The number of aliphatic imine (C=N–C) groups is 1. The van der Waals surface area contributed by atoms with Gasteiger partial charge in [0.15, 0.2) is 46.3 Å². The van der Waals surface area contributed by atoms with Crippen molar-refractivity contribution in [3.05, 3.63) is 112 Å². The lowest BCUT2D eigenvalue weighted by atomic mass is 10.1. The number of ether oxygens (including phenoxy) is 6. The Bertz CT molecular complexity index is 5080. The Balaban J connectivity index is 0.720. The number of hydrogen-bond acceptors (Lipinski definition) is 31. The van der Waals surface area contributed by atoms with Crippen molar-refractivity contribution in [2.24, 2.45) is 10.7 Å². The van der Waals surface area contributed by atoms with Gasteiger partial charge in [-0.25, -0.2) is 24.4 Å². The lowest BCUT2D eigenvalue weighted by Crippen LogP contribution is -2.59. The van der Waals surface area contributed by atoms with Crippen molar-refractivity contribution in [2.45, 2.75) is 138 Å². The van der Waals surface area contributed by atoms with Gasteiger partial charge in [0.2, 0.25) is 35.5 Å². The Hall–Kier alpha value is -14.1. The van der Waals surface area contributed by atoms with E-state index < -0.39 is 182 Å². The molecule has 3 fully saturated rings. The highest BCUT2D eigenvalue weighted by molar-refractivity contribution is 8.76. The van der Waals surface area contributed by atoms with Crippen LogP contribution in [-0.2, 0) is 64.0 Å². The molecule has 6 heterocycles. The molecule has 4 aliphatic heterocycles. The molecule has 5 aromatic rings. The third-order valence-electron chi connectivity index (χ3n) is 19.7. The number of hydrogen-bond donors (Lipinski definition) is 18. The summed E-state index contributed by atoms with van der Waals surface area (Å²) in [4.78, 5) is 221. The molecule has 2 aromatic heterocycles. The number of carboxylic acid groups (broad SMARTS) is 5. The molecule has 9 atom stereocenters. The van der Waals surface area contributed by atoms with Gasteiger partial charge in [-0.15, -0.1) is 0 Å². The van der Waals surface area contributed by atoms with E-state index in [1.165, 1.54) is 66.6 Å². The molecule has 0 aliphatic carbocycles. The van der Waals surface area contributed by atoms with Gasteiger partial charge in [0.1, 0.15) is 42.9 Å². The molecule has 3 saturated heterocycles. The molecule has 3 aromatic carbocycles. The van der Waals surface area contributed by atoms with Gasteiger partial charge >= 0.3 is 35.9 Å². The standard InChI is InChI=1S/C78H96N20O26S2/c1-38-23-43-34-85-49-28-58(56(120-4)26-45(49)72(113)97(43)35-38)122-19-7-5-6-18-121-57-27-46(79)44(25-55(57)119-3)71(112)98-36-39(2)24-54(98)73-96(17-20-123-73)78(118)124-21-22-125-126-37-53(75(116)117)93-69(110)52(31-62(104)105)92-68(109)51(30-61(102)103)91-66(107)47(9-8-16-83-76(80)81)89-67(108)50(29-60(100)101)88-59(99)15-14-48(74(114)115)90-65(106)40-10-12-41(13-11-40)84-32-42-33-86-64-63(87-42)70(111)95-77(82)94-64/h10-13,25-28,33-34,43,47-48,50-54,73,84H,1-2,5-9,14-24,29-32,35-37,79H2,3-4H3,(H,88,99)(H,89,108)(H,90,106)(H,91,107)(H,92,109)(H,93,110)(H,100,101)(H,102,103)(H,104,105)(H,114,115)(H,116,117)(H4,80,81,83)(H3,82,86,94,95,111)/t43-,47-,48-,50-,51-,52-,53-,54-,73?/m0/s1. The second-order valence-corrected chi connectivity index (χ2v) is 31.7. The number of carbonyl (C=O) groups is 14. The topological polar surface area (TPSA) is 687 Å². The number of aromatic amines is 1. The van der Waals surface area contributed by atoms with Crippen LogP contribution in [0.1, 0.15) is 114 Å². The number of likely N-dealkylation sites (tertiary alicyclic amines) is 1. The highest BCUT2D eigenvalue weighted by Gasteiger charge is 2.46. The molecule has 1 unspecified atom stereocenters. The number of nitrogen functional groups attached to an aromatic ring is 2. The first-order chi connectivity index (χ1) is 60.1. The second kappa shape index (κ2) is 45.4. The van der Waals surface area contributed by atoms with Gasteiger partial charge in [-0.1, -0.05) is 45.9 Å². The average molecular weight is 1790 g/mol. The Morgan fingerprint density at radius 2 is 1.28 bits per heavy atom. The van der Waals surface area contributed by atoms with E-state index in [0.717, 1.165) is 27.2 Å². The zero-order valence-corrected chi connectivity index (χ0v) is 69.8. The summed E-state index contributed by atoms with van der Waals surface area (Å²) in [6, 6.07) is -0.760. The third kappa shape index (κ3) is 27.0. The molecular formula is C78H96N20O26S2. The first kappa shape index (κ1) is 95.8. The van der Waals surface area contributed by atoms with E-state index in [-0.39, 0.29) is 116 Å². The molecule has 21 N–H and O–H groups in total. The van der Waals surface area contributed by atoms with E-state index in [0.29, 0.717) is 84.3 Å². The van der Waals surface area contributed by atoms with Gasteiger partial charge in [-0.2, -0.15) is 4.98 Å². The zero-order valence-electron chi connectivity index (χ0n) is 68.1. The van der Waals surface area contributed by atoms with E-state index in [1.54, 1.807) is 23.2 Å². The van der Waals surface area contributed by atoms with Gasteiger partial charge < -0.3 is 123 Å². The summed E-state index contributed by atoms with van der Waals surface area (Å²) in [5.74, 6) is -16.4. The summed E-state index contributed by atoms with van der Waals surface area (Å²) < 4.78 is 35.0. The normalized spacial score (nSPS) is 16.5. The number of rotatable bonds is 47. The Kier molecular flexibility index (Phi) is 34.5. The number of unbranched alkanes of at least 4 members (excludes halogenated alkanes) is 2. The predicted octanol–water partition coefficient (Wildman–Crippen LogP) is 0.428. The number of nitrogens with one attached hydrogen (secondary N) is 10. The number of carbonyl (C=O) groups excluding carboxylic acids is 9. The molecule has 4 aliphatic rings. The molecule has 126 heavy (non-hydrogen) atoms. The molecule has 48 heteroatoms. The minimum absolute atomic E-state index is 0.0258. The SMILES string of the molecule is C=C1C[C@H]2C=Nc3cc(OCCCCCOc4cc(N)c(C(=O)N5CC(=C)C[C@H]5C5OCCN5C(=O)OCCSSC[C@H](NC(=O)[C@H](CC(=O)O)NC(=O)[C@H](CC(=O)O)NC(=O)[C@H](CCCNC(=N)N)NC(=O)[C@H](CC(=O)O)NC(=O)CC[C@H](NC(=O)c5ccc(NCc6cnc7nc(N)[nH]c(=O)c7n6)cc5)C(=O)O)C(=O)O)cc4OC)c(OC)cc3C(=O)N2C1. The maximum atomic E-state index is 14.4. The number of methoxy groups -OCH3 is 2. The number of carboxylic acids is 5. The van der Waals surface area contributed by atoms with Crippen LogP contribution in [0.2, 0.25) is 0 Å². The molecule has 9 amide bonds. The van der Waals surface area contributed by atoms with Crippen LogP contribution in [0, 0.1) is 5.41 Å². The summed E-state index contributed by atoms with van der Waals surface area (Å²) in [6.45, 7) is 9.08. The monoisotopic (exact) mass is 1790 g/mol. The van der Waals surface area contributed by atoms with Crippen molar-refractivity contribution in [2.75, 3.05) is 95.1 Å². The number of fused-ring (bicyclic) bond motifs is 3. The smallest absolute Gasteiger partial charge is 0.412 e. The van der Waals surface area contributed by atoms with Crippen LogP contribution in [0.25, 0.3) is 11.2 Å². The number of aliphatic carboxylic acids is 5. The van der Waals surface area contributed by atoms with Crippen molar-refractivity contribution in [3.63, 3.8) is 0 Å². The molecule has 0 spiro atoms. The van der Waals surface area contributed by atoms with Crippen LogP contribution in [-0.4, -0.2) is 288 Å². The fraction of sp³-hybridized carbons (Fsp3) is 0.436. The summed E-state index contributed by atoms with van der Waals surface area (Å²) in [6.07, 6.45) is -1.51. The Morgan fingerprint density at radius 1 is 0.675 bits per heavy atom. The van der Waals surface area contributed by atoms with E-state index >= 15 is 0 Å². The molecule has 46 nitrogen and oxygen atoms in total. The molecule has 0 bridgehead atoms. The van der Waals surface area contributed by atoms with E-state index in [1.807, 2.05) is 5.32 Å². The van der Waals surface area contributed by atoms with Crippen molar-refractivity contribution in [3.8, 4) is 23.0 Å². The molecule has 9 rings (SSSR count). The first-order valence-electron chi connectivity index (χ1n) is 39.2. The molecule has 0 radical (unpaired) electrons. The van der Waals surface area contributed by atoms with E-state index in [4.69, 9.17) is 51.0 Å². The molecule has 676 valence electrons. The highest BCUT2D eigenvalue weighted by atomic mass is 33.1. The fourth-order valence-corrected chi connectivity index (χ4v) is 15.5. The number of guanidine groups is 1. The molecular weight excluding hydrogens is 1700 g/mol. The third-order valence-corrected chi connectivity index (χ3v) is 22.1. The number of nitrogens with two attached hydrogens (primary N) is 3. The Labute approximate surface area is 724 Å². The van der Waals surface area contributed by atoms with Crippen LogP contribution in [0.3, 0.4) is 0 Å². The number of nitrogens with zero attached hydrogens (tertiary/aromatic N) is 7. The number of anilines is 3. The lowest BCUT2D eigenvalue weighted by Gasteiger charge is -2.33. The summed E-state index contributed by atoms with van der Waals surface area (Å²) >= 11 is 0. The van der Waals surface area contributed by atoms with E-state index in [9.17, 15) is 97.5 Å². The average Bonchev–Trinajstić information content (AvgIpc) is 1.71. The highest BCUT2D eigenvalue weighted by Crippen LogP contribution is 2.40. The maximum Gasteiger partial charge on any atom is 0.412 e. The van der Waals surface area contributed by atoms with E-state index in [2.05, 4.69) is 75.3 Å². The van der Waals surface area contributed by atoms with Crippen LogP contribution >= 0.6 is 21.6 Å². The summed E-state index contributed by atoms with van der Waals surface area (Å²) in [5, 5.41) is 75.5. The summed E-state index contributed by atoms with van der Waals surface area (Å²) in [5.41, 5.74) is 20.3. The van der Waals surface area contributed by atoms with Crippen LogP contribution in [0.4, 0.5) is 27.8 Å². The number of H-pyrrole nitrogens is 1. The van der Waals surface area contributed by atoms with Crippen LogP contribution < -0.4 is 84.2 Å². The minimum atomic E-state index is -2.20. The quantitative estimate of drug-likeness (QED) is 0.00627. The lowest BCUT2D eigenvalue weighted by molar-refractivity contribution is -0.144. The van der Waals surface area contributed by atoms with Crippen molar-refractivity contribution >= 4 is 151 Å². The Morgan fingerprint density at radius 3 is 1.90 bits per heavy atom. The largest absolute Gasteiger partial charge is 0.493 e. The number of benzene rings is 3. The number of amides is 9. The second-order valence-electron chi connectivity index (χ2n) is 29.0. The van der Waals surface area contributed by atoms with Crippen LogP contribution in [0.15, 0.2) is 88.8 Å². The van der Waals surface area contributed by atoms with Gasteiger partial charge in [0.05, 0.1) is 107 Å². The van der Waals surface area contributed by atoms with Crippen molar-refractivity contribution < 1.29 is 121 Å². The minimum Gasteiger partial charge on any atom is -0.493 e. The fourth-order valence-electron chi connectivity index (χ4n) is 13.5. The maximum absolute atomic E-state index is 14.4. The van der Waals surface area contributed by atoms with Gasteiger partial charge in [-0.05, 0) is 87.8 Å². The van der Waals surface area contributed by atoms with Gasteiger partial charge in [0.25, 0.3) is 23.3 Å². The van der Waals surface area contributed by atoms with Crippen molar-refractivity contribution in [1.82, 2.24) is 71.9 Å². The summed E-state index contributed by atoms with van der Waals surface area (Å²) in [7, 11) is 4.78. The first-order valence-corrected chi connectivity index (χ1v) is 41.7.